The van der Waals surface area contributed by atoms with Crippen LogP contribution in [0.1, 0.15) is 44.9 Å². The normalized spacial score (nSPS) is 11.9. The molecule has 216 valence electrons. The van der Waals surface area contributed by atoms with Gasteiger partial charge in [-0.05, 0) is 60.2 Å². The van der Waals surface area contributed by atoms with E-state index in [9.17, 15) is 31.5 Å². The van der Waals surface area contributed by atoms with Gasteiger partial charge in [-0.3, -0.25) is 9.59 Å². The van der Waals surface area contributed by atoms with Crippen LogP contribution in [0.3, 0.4) is 0 Å². The molecule has 0 unspecified atom stereocenters. The van der Waals surface area contributed by atoms with E-state index in [-0.39, 0.29) is 43.2 Å². The summed E-state index contributed by atoms with van der Waals surface area (Å²) in [6.45, 7) is 2.81. The third kappa shape index (κ3) is 5.97. The molecule has 0 aliphatic rings. The number of alkyl halides is 5. The average Bonchev–Trinajstić information content (AvgIpc) is 3.53. The number of tetrazole rings is 1. The van der Waals surface area contributed by atoms with Crippen LogP contribution in [0.15, 0.2) is 36.5 Å². The molecule has 0 bridgehead atoms. The first-order chi connectivity index (χ1) is 19.2. The topological polar surface area (TPSA) is 133 Å². The van der Waals surface area contributed by atoms with E-state index in [4.69, 9.17) is 23.2 Å². The van der Waals surface area contributed by atoms with E-state index in [2.05, 4.69) is 36.2 Å². The number of pyridine rings is 1. The number of amides is 2. The number of nitrogens with zero attached hydrogens (tertiary/aromatic N) is 7. The van der Waals surface area contributed by atoms with Crippen LogP contribution in [0.5, 0.6) is 0 Å². The third-order valence-corrected chi connectivity index (χ3v) is 6.05. The fourth-order valence-corrected chi connectivity index (χ4v) is 4.18. The number of anilines is 1. The molecule has 0 aliphatic heterocycles. The van der Waals surface area contributed by atoms with Crippen molar-refractivity contribution in [2.75, 3.05) is 11.9 Å². The minimum atomic E-state index is -5.97. The van der Waals surface area contributed by atoms with Crippen molar-refractivity contribution in [1.82, 2.24) is 40.3 Å². The van der Waals surface area contributed by atoms with E-state index in [1.807, 2.05) is 0 Å². The predicted molar refractivity (Wildman–Crippen MR) is 135 cm³/mol. The van der Waals surface area contributed by atoms with Crippen LogP contribution in [0.2, 0.25) is 10.0 Å². The molecule has 3 heterocycles. The summed E-state index contributed by atoms with van der Waals surface area (Å²) >= 11 is 12.4. The Balaban J connectivity index is 1.78. The summed E-state index contributed by atoms with van der Waals surface area (Å²) in [7, 11) is 0. The minimum absolute atomic E-state index is 0.0357. The standard InChI is InChI=1S/C23H18Cl2F5N9O2/c1-3-31-19(40)14-8-12(24)7-11(2)17(14)33-20(41)16-9-13(35-39(16)18-15(25)5-4-6-32-18)10-38-21(34-36-37-38)22(26,27)23(28,29)30/h4-9H,3,10H2,1-2H3,(H,31,40)(H,33,41). The number of benzene rings is 1. The molecule has 0 saturated heterocycles. The van der Waals surface area contributed by atoms with Crippen molar-refractivity contribution < 1.29 is 31.5 Å². The van der Waals surface area contributed by atoms with E-state index in [0.717, 1.165) is 10.7 Å². The molecule has 1 aromatic carbocycles. The minimum Gasteiger partial charge on any atom is -0.352 e. The van der Waals surface area contributed by atoms with Crippen LogP contribution in [0.25, 0.3) is 5.82 Å². The number of hydrogen-bond acceptors (Lipinski definition) is 7. The second-order valence-electron chi connectivity index (χ2n) is 8.43. The Kier molecular flexibility index (Phi) is 8.26. The van der Waals surface area contributed by atoms with Crippen LogP contribution in [-0.4, -0.2) is 59.5 Å². The number of aryl methyl sites for hydroxylation is 1. The smallest absolute Gasteiger partial charge is 0.352 e. The monoisotopic (exact) mass is 617 g/mol. The molecule has 41 heavy (non-hydrogen) atoms. The highest BCUT2D eigenvalue weighted by atomic mass is 35.5. The van der Waals surface area contributed by atoms with Gasteiger partial charge in [0.1, 0.15) is 5.69 Å². The third-order valence-electron chi connectivity index (χ3n) is 5.53. The lowest BCUT2D eigenvalue weighted by atomic mass is 10.1. The number of carbonyl (C=O) groups excluding carboxylic acids is 2. The zero-order valence-electron chi connectivity index (χ0n) is 21.0. The van der Waals surface area contributed by atoms with Gasteiger partial charge in [0, 0.05) is 17.8 Å². The van der Waals surface area contributed by atoms with Gasteiger partial charge >= 0.3 is 12.1 Å². The molecule has 0 saturated carbocycles. The SMILES string of the molecule is CCNC(=O)c1cc(Cl)cc(C)c1NC(=O)c1cc(Cn2nnnc2C(F)(F)C(F)(F)F)nn1-c1ncccc1Cl. The summed E-state index contributed by atoms with van der Waals surface area (Å²) in [4.78, 5) is 30.3. The van der Waals surface area contributed by atoms with Gasteiger partial charge in [0.05, 0.1) is 28.5 Å². The number of hydrogen-bond donors (Lipinski definition) is 2. The number of aromatic nitrogens is 7. The van der Waals surface area contributed by atoms with Crippen LogP contribution >= 0.6 is 23.2 Å². The van der Waals surface area contributed by atoms with Crippen molar-refractivity contribution in [3.05, 3.63) is 74.9 Å². The van der Waals surface area contributed by atoms with E-state index >= 15 is 0 Å². The van der Waals surface area contributed by atoms with Gasteiger partial charge in [-0.1, -0.05) is 23.2 Å². The Hall–Kier alpha value is -4.18. The first-order valence-corrected chi connectivity index (χ1v) is 12.3. The zero-order chi connectivity index (χ0) is 30.1. The second kappa shape index (κ2) is 11.4. The Morgan fingerprint density at radius 3 is 2.46 bits per heavy atom. The van der Waals surface area contributed by atoms with Gasteiger partial charge in [-0.2, -0.15) is 27.1 Å². The lowest BCUT2D eigenvalue weighted by Gasteiger charge is -2.18. The maximum Gasteiger partial charge on any atom is 0.461 e. The van der Waals surface area contributed by atoms with Gasteiger partial charge < -0.3 is 10.6 Å². The summed E-state index contributed by atoms with van der Waals surface area (Å²) in [5, 5.41) is 18.7. The summed E-state index contributed by atoms with van der Waals surface area (Å²) in [5.74, 6) is -8.57. The van der Waals surface area contributed by atoms with E-state index in [1.54, 1.807) is 13.8 Å². The van der Waals surface area contributed by atoms with Gasteiger partial charge in [0.2, 0.25) is 5.82 Å². The summed E-state index contributed by atoms with van der Waals surface area (Å²) in [6.07, 6.45) is -4.63. The molecule has 2 N–H and O–H groups in total. The number of nitrogens with one attached hydrogen (secondary N) is 2. The van der Waals surface area contributed by atoms with Gasteiger partial charge in [-0.15, -0.1) is 5.10 Å². The Bertz CT molecular complexity index is 1620. The lowest BCUT2D eigenvalue weighted by Crippen LogP contribution is -2.36. The summed E-state index contributed by atoms with van der Waals surface area (Å²) in [5.41, 5.74) is 0.149. The molecule has 2 amide bonds. The predicted octanol–water partition coefficient (Wildman–Crippen LogP) is 4.57. The Labute approximate surface area is 237 Å². The van der Waals surface area contributed by atoms with Crippen molar-refractivity contribution in [3.63, 3.8) is 0 Å². The molecule has 4 aromatic rings. The molecular formula is C23H18Cl2F5N9O2. The highest BCUT2D eigenvalue weighted by molar-refractivity contribution is 6.32. The quantitative estimate of drug-likeness (QED) is 0.277. The zero-order valence-corrected chi connectivity index (χ0v) is 22.5. The van der Waals surface area contributed by atoms with Crippen molar-refractivity contribution in [3.8, 4) is 5.82 Å². The first kappa shape index (κ1) is 29.8. The highest BCUT2D eigenvalue weighted by Gasteiger charge is 2.62. The molecule has 3 aromatic heterocycles. The number of carbonyl (C=O) groups is 2. The van der Waals surface area contributed by atoms with Crippen molar-refractivity contribution in [2.45, 2.75) is 32.5 Å². The van der Waals surface area contributed by atoms with Crippen molar-refractivity contribution in [2.24, 2.45) is 0 Å². The van der Waals surface area contributed by atoms with Crippen LogP contribution in [0.4, 0.5) is 27.6 Å². The van der Waals surface area contributed by atoms with Crippen LogP contribution in [-0.2, 0) is 12.5 Å². The molecule has 0 aliphatic carbocycles. The second-order valence-corrected chi connectivity index (χ2v) is 9.28. The fraction of sp³-hybridized carbons (Fsp3) is 0.261. The molecule has 0 radical (unpaired) electrons. The van der Waals surface area contributed by atoms with Crippen molar-refractivity contribution in [1.29, 1.82) is 0 Å². The lowest BCUT2D eigenvalue weighted by molar-refractivity contribution is -0.293. The highest BCUT2D eigenvalue weighted by Crippen LogP contribution is 2.42. The van der Waals surface area contributed by atoms with E-state index in [1.165, 1.54) is 30.5 Å². The summed E-state index contributed by atoms with van der Waals surface area (Å²) in [6, 6.07) is 6.91. The molecular weight excluding hydrogens is 600 g/mol. The molecule has 0 spiro atoms. The van der Waals surface area contributed by atoms with Gasteiger partial charge in [-0.25, -0.2) is 14.3 Å². The fourth-order valence-electron chi connectivity index (χ4n) is 3.70. The number of rotatable bonds is 8. The maximum atomic E-state index is 14.0. The molecule has 0 fully saturated rings. The molecule has 11 nitrogen and oxygen atoms in total. The number of halogens is 7. The van der Waals surface area contributed by atoms with Crippen LogP contribution < -0.4 is 10.6 Å². The average molecular weight is 618 g/mol. The van der Waals surface area contributed by atoms with E-state index < -0.39 is 36.3 Å². The maximum absolute atomic E-state index is 14.0. The molecule has 4 rings (SSSR count). The Morgan fingerprint density at radius 1 is 1.07 bits per heavy atom. The Morgan fingerprint density at radius 2 is 1.80 bits per heavy atom. The largest absolute Gasteiger partial charge is 0.461 e. The van der Waals surface area contributed by atoms with Gasteiger partial charge in [0.15, 0.2) is 5.82 Å². The molecule has 0 atom stereocenters. The van der Waals surface area contributed by atoms with Crippen LogP contribution in [0, 0.1) is 6.92 Å². The van der Waals surface area contributed by atoms with E-state index in [0.29, 0.717) is 12.1 Å². The first-order valence-electron chi connectivity index (χ1n) is 11.5. The van der Waals surface area contributed by atoms with Crippen molar-refractivity contribution >= 4 is 40.7 Å². The van der Waals surface area contributed by atoms with Gasteiger partial charge in [0.25, 0.3) is 11.8 Å². The molecule has 18 heteroatoms. The summed E-state index contributed by atoms with van der Waals surface area (Å²) < 4.78 is 68.1.